The molecule has 3 unspecified atom stereocenters. The van der Waals surface area contributed by atoms with Crippen LogP contribution in [0.15, 0.2) is 41.8 Å². The minimum Gasteiger partial charge on any atom is -0.324 e. The van der Waals surface area contributed by atoms with Crippen LogP contribution in [0, 0.1) is 12.8 Å². The molecule has 88 valence electrons. The first-order valence-corrected chi connectivity index (χ1v) is 6.99. The molecule has 1 heterocycles. The molecule has 0 bridgehead atoms. The van der Waals surface area contributed by atoms with Gasteiger partial charge in [0.1, 0.15) is 0 Å². The second-order valence-electron chi connectivity index (χ2n) is 4.93. The van der Waals surface area contributed by atoms with Crippen LogP contribution in [0.2, 0.25) is 0 Å². The maximum atomic E-state index is 6.35. The standard InChI is InChI=1S/C15H17NS/c1-10-7-12(9-17-10)15(16)14-8-13(14)11-5-3-2-4-6-11/h2-7,9,13-15H,8,16H2,1H3. The molecule has 1 aliphatic carbocycles. The Balaban J connectivity index is 1.73. The first kappa shape index (κ1) is 11.0. The molecule has 2 N–H and O–H groups in total. The fraction of sp³-hybridized carbons (Fsp3) is 0.333. The van der Waals surface area contributed by atoms with Gasteiger partial charge >= 0.3 is 0 Å². The van der Waals surface area contributed by atoms with Crippen molar-refractivity contribution in [3.63, 3.8) is 0 Å². The van der Waals surface area contributed by atoms with E-state index in [0.29, 0.717) is 11.8 Å². The van der Waals surface area contributed by atoms with Crippen molar-refractivity contribution in [1.82, 2.24) is 0 Å². The number of thiophene rings is 1. The van der Waals surface area contributed by atoms with Gasteiger partial charge in [0, 0.05) is 10.9 Å². The van der Waals surface area contributed by atoms with Gasteiger partial charge in [0.25, 0.3) is 0 Å². The van der Waals surface area contributed by atoms with E-state index in [-0.39, 0.29) is 6.04 Å². The van der Waals surface area contributed by atoms with E-state index in [1.54, 1.807) is 11.3 Å². The molecule has 1 saturated carbocycles. The summed E-state index contributed by atoms with van der Waals surface area (Å²) >= 11 is 1.79. The fourth-order valence-electron chi connectivity index (χ4n) is 2.58. The van der Waals surface area contributed by atoms with Crippen molar-refractivity contribution in [2.75, 3.05) is 0 Å². The molecule has 1 aliphatic rings. The van der Waals surface area contributed by atoms with Gasteiger partial charge in [0.15, 0.2) is 0 Å². The quantitative estimate of drug-likeness (QED) is 0.870. The van der Waals surface area contributed by atoms with Gasteiger partial charge in [-0.25, -0.2) is 0 Å². The monoisotopic (exact) mass is 243 g/mol. The molecule has 0 saturated heterocycles. The van der Waals surface area contributed by atoms with Crippen molar-refractivity contribution in [2.24, 2.45) is 11.7 Å². The third-order valence-electron chi connectivity index (χ3n) is 3.66. The van der Waals surface area contributed by atoms with E-state index < -0.39 is 0 Å². The zero-order valence-electron chi connectivity index (χ0n) is 9.97. The van der Waals surface area contributed by atoms with Crippen LogP contribution in [-0.4, -0.2) is 0 Å². The lowest BCUT2D eigenvalue weighted by molar-refractivity contribution is 0.617. The van der Waals surface area contributed by atoms with Gasteiger partial charge in [0.2, 0.25) is 0 Å². The van der Waals surface area contributed by atoms with E-state index in [2.05, 4.69) is 48.7 Å². The molecule has 1 nitrogen and oxygen atoms in total. The third kappa shape index (κ3) is 2.15. The van der Waals surface area contributed by atoms with E-state index in [1.165, 1.54) is 22.4 Å². The van der Waals surface area contributed by atoms with Gasteiger partial charge in [-0.3, -0.25) is 0 Å². The van der Waals surface area contributed by atoms with Crippen LogP contribution in [0.4, 0.5) is 0 Å². The van der Waals surface area contributed by atoms with E-state index in [9.17, 15) is 0 Å². The highest BCUT2D eigenvalue weighted by molar-refractivity contribution is 7.10. The largest absolute Gasteiger partial charge is 0.324 e. The Morgan fingerprint density at radius 1 is 1.29 bits per heavy atom. The first-order chi connectivity index (χ1) is 8.25. The second-order valence-corrected chi connectivity index (χ2v) is 6.05. The molecule has 2 heteroatoms. The van der Waals surface area contributed by atoms with Gasteiger partial charge in [-0.1, -0.05) is 30.3 Å². The zero-order valence-corrected chi connectivity index (χ0v) is 10.8. The summed E-state index contributed by atoms with van der Waals surface area (Å²) in [5.41, 5.74) is 9.11. The molecule has 0 amide bonds. The van der Waals surface area contributed by atoms with E-state index in [0.717, 1.165) is 0 Å². The summed E-state index contributed by atoms with van der Waals surface area (Å²) < 4.78 is 0. The SMILES string of the molecule is Cc1cc(C(N)C2CC2c2ccccc2)cs1. The molecule has 0 aliphatic heterocycles. The molecule has 1 aromatic carbocycles. The average molecular weight is 243 g/mol. The normalized spacial score (nSPS) is 24.6. The highest BCUT2D eigenvalue weighted by Crippen LogP contribution is 2.53. The summed E-state index contributed by atoms with van der Waals surface area (Å²) in [6.45, 7) is 2.14. The number of aryl methyl sites for hydroxylation is 1. The smallest absolute Gasteiger partial charge is 0.0338 e. The lowest BCUT2D eigenvalue weighted by Gasteiger charge is -2.09. The highest BCUT2D eigenvalue weighted by atomic mass is 32.1. The van der Waals surface area contributed by atoms with Gasteiger partial charge in [0.05, 0.1) is 0 Å². The van der Waals surface area contributed by atoms with Crippen LogP contribution in [0.5, 0.6) is 0 Å². The summed E-state index contributed by atoms with van der Waals surface area (Å²) in [5.74, 6) is 1.30. The number of benzene rings is 1. The first-order valence-electron chi connectivity index (χ1n) is 6.11. The lowest BCUT2D eigenvalue weighted by atomic mass is 10.0. The van der Waals surface area contributed by atoms with Crippen LogP contribution in [0.3, 0.4) is 0 Å². The van der Waals surface area contributed by atoms with E-state index in [4.69, 9.17) is 5.73 Å². The van der Waals surface area contributed by atoms with Crippen molar-refractivity contribution >= 4 is 11.3 Å². The molecule has 17 heavy (non-hydrogen) atoms. The number of rotatable bonds is 3. The number of hydrogen-bond donors (Lipinski definition) is 1. The molecule has 3 atom stereocenters. The molecule has 2 aromatic rings. The zero-order chi connectivity index (χ0) is 11.8. The third-order valence-corrected chi connectivity index (χ3v) is 4.54. The predicted molar refractivity (Wildman–Crippen MR) is 73.3 cm³/mol. The second kappa shape index (κ2) is 4.28. The van der Waals surface area contributed by atoms with Crippen LogP contribution in [0.1, 0.15) is 34.4 Å². The minimum atomic E-state index is 0.213. The Kier molecular flexibility index (Phi) is 2.77. The Labute approximate surface area is 106 Å². The summed E-state index contributed by atoms with van der Waals surface area (Å²) in [6.07, 6.45) is 1.24. The Morgan fingerprint density at radius 2 is 2.06 bits per heavy atom. The van der Waals surface area contributed by atoms with Gasteiger partial charge < -0.3 is 5.73 Å². The van der Waals surface area contributed by atoms with Crippen molar-refractivity contribution in [3.05, 3.63) is 57.8 Å². The van der Waals surface area contributed by atoms with Gasteiger partial charge in [-0.2, -0.15) is 0 Å². The van der Waals surface area contributed by atoms with Crippen molar-refractivity contribution in [3.8, 4) is 0 Å². The van der Waals surface area contributed by atoms with E-state index in [1.807, 2.05) is 0 Å². The highest BCUT2D eigenvalue weighted by Gasteiger charge is 2.42. The predicted octanol–water partition coefficient (Wildman–Crippen LogP) is 3.86. The van der Waals surface area contributed by atoms with Crippen molar-refractivity contribution < 1.29 is 0 Å². The van der Waals surface area contributed by atoms with Crippen molar-refractivity contribution in [1.29, 1.82) is 0 Å². The molecule has 0 spiro atoms. The van der Waals surface area contributed by atoms with E-state index >= 15 is 0 Å². The lowest BCUT2D eigenvalue weighted by Crippen LogP contribution is -2.12. The van der Waals surface area contributed by atoms with Crippen LogP contribution < -0.4 is 5.73 Å². The maximum absolute atomic E-state index is 6.35. The fourth-order valence-corrected chi connectivity index (χ4v) is 3.33. The number of nitrogens with two attached hydrogens (primary N) is 1. The Morgan fingerprint density at radius 3 is 2.71 bits per heavy atom. The molecular formula is C15H17NS. The van der Waals surface area contributed by atoms with Crippen LogP contribution >= 0.6 is 11.3 Å². The molecule has 3 rings (SSSR count). The number of hydrogen-bond acceptors (Lipinski definition) is 2. The Hall–Kier alpha value is -1.12. The average Bonchev–Trinajstić information content (AvgIpc) is 3.05. The molecular weight excluding hydrogens is 226 g/mol. The topological polar surface area (TPSA) is 26.0 Å². The summed E-state index contributed by atoms with van der Waals surface area (Å²) in [5, 5.41) is 2.21. The van der Waals surface area contributed by atoms with Crippen LogP contribution in [-0.2, 0) is 0 Å². The van der Waals surface area contributed by atoms with Gasteiger partial charge in [-0.05, 0) is 47.8 Å². The molecule has 0 radical (unpaired) electrons. The van der Waals surface area contributed by atoms with Crippen molar-refractivity contribution in [2.45, 2.75) is 25.3 Å². The molecule has 1 fully saturated rings. The maximum Gasteiger partial charge on any atom is 0.0338 e. The minimum absolute atomic E-state index is 0.213. The summed E-state index contributed by atoms with van der Waals surface area (Å²) in [6, 6.07) is 13.2. The van der Waals surface area contributed by atoms with Crippen LogP contribution in [0.25, 0.3) is 0 Å². The van der Waals surface area contributed by atoms with Gasteiger partial charge in [-0.15, -0.1) is 11.3 Å². The summed E-state index contributed by atoms with van der Waals surface area (Å²) in [7, 11) is 0. The summed E-state index contributed by atoms with van der Waals surface area (Å²) in [4.78, 5) is 1.35. The molecule has 1 aromatic heterocycles. The Bertz CT molecular complexity index is 503.